The van der Waals surface area contributed by atoms with Crippen molar-refractivity contribution in [2.75, 3.05) is 27.4 Å². The molecule has 1 aliphatic heterocycles. The van der Waals surface area contributed by atoms with Gasteiger partial charge in [-0.05, 0) is 37.1 Å². The van der Waals surface area contributed by atoms with Crippen LogP contribution in [0.5, 0.6) is 11.5 Å². The molecular weight excluding hydrogens is 242 g/mol. The Kier molecular flexibility index (Phi) is 5.05. The third-order valence-electron chi connectivity index (χ3n) is 3.49. The number of hydrogen-bond acceptors (Lipinski definition) is 4. The fraction of sp³-hybridized carbons (Fsp3) is 0.600. The Morgan fingerprint density at radius 3 is 2.42 bits per heavy atom. The molecule has 1 N–H and O–H groups in total. The van der Waals surface area contributed by atoms with Crippen LogP contribution < -0.4 is 14.8 Å². The van der Waals surface area contributed by atoms with Crippen LogP contribution in [0.2, 0.25) is 0 Å². The molecule has 4 nitrogen and oxygen atoms in total. The van der Waals surface area contributed by atoms with Gasteiger partial charge in [-0.25, -0.2) is 0 Å². The average Bonchev–Trinajstić information content (AvgIpc) is 2.97. The molecule has 1 fully saturated rings. The van der Waals surface area contributed by atoms with Crippen LogP contribution in [-0.4, -0.2) is 33.5 Å². The molecule has 0 saturated carbocycles. The Hall–Kier alpha value is -1.26. The zero-order valence-corrected chi connectivity index (χ0v) is 11.9. The maximum absolute atomic E-state index is 5.82. The number of hydrogen-bond donors (Lipinski definition) is 1. The van der Waals surface area contributed by atoms with Crippen molar-refractivity contribution >= 4 is 0 Å². The number of methoxy groups -OCH3 is 2. The van der Waals surface area contributed by atoms with Crippen molar-refractivity contribution in [3.8, 4) is 11.5 Å². The summed E-state index contributed by atoms with van der Waals surface area (Å²) in [6, 6.07) is 6.19. The van der Waals surface area contributed by atoms with E-state index in [-0.39, 0.29) is 12.1 Å². The molecular formula is C15H23NO3. The van der Waals surface area contributed by atoms with Crippen molar-refractivity contribution in [1.82, 2.24) is 5.32 Å². The van der Waals surface area contributed by atoms with Gasteiger partial charge in [-0.15, -0.1) is 0 Å². The van der Waals surface area contributed by atoms with E-state index in [0.29, 0.717) is 0 Å². The molecule has 0 bridgehead atoms. The molecule has 19 heavy (non-hydrogen) atoms. The zero-order chi connectivity index (χ0) is 13.7. The largest absolute Gasteiger partial charge is 0.497 e. The summed E-state index contributed by atoms with van der Waals surface area (Å²) in [7, 11) is 3.35. The van der Waals surface area contributed by atoms with Gasteiger partial charge < -0.3 is 19.5 Å². The van der Waals surface area contributed by atoms with Crippen LogP contribution in [0.25, 0.3) is 0 Å². The Bertz CT molecular complexity index is 380. The average molecular weight is 265 g/mol. The third kappa shape index (κ3) is 3.39. The molecule has 0 aromatic heterocycles. The summed E-state index contributed by atoms with van der Waals surface area (Å²) in [6.07, 6.45) is 2.46. The minimum atomic E-state index is 0.191. The molecule has 1 aromatic rings. The van der Waals surface area contributed by atoms with Crippen molar-refractivity contribution in [3.05, 3.63) is 23.8 Å². The highest BCUT2D eigenvalue weighted by molar-refractivity contribution is 5.40. The summed E-state index contributed by atoms with van der Waals surface area (Å²) in [5, 5.41) is 3.51. The van der Waals surface area contributed by atoms with E-state index in [1.54, 1.807) is 14.2 Å². The molecule has 1 aromatic carbocycles. The number of nitrogens with one attached hydrogen (secondary N) is 1. The first-order chi connectivity index (χ1) is 9.28. The van der Waals surface area contributed by atoms with Crippen LogP contribution >= 0.6 is 0 Å². The van der Waals surface area contributed by atoms with Gasteiger partial charge in [0.2, 0.25) is 0 Å². The number of ether oxygens (including phenoxy) is 3. The first-order valence-electron chi connectivity index (χ1n) is 6.86. The standard InChI is InChI=1S/C15H23NO3/c1-4-16-15(14-6-5-7-19-14)11-8-12(17-2)10-13(9-11)18-3/h8-10,14-16H,4-7H2,1-3H3. The predicted molar refractivity (Wildman–Crippen MR) is 74.9 cm³/mol. The predicted octanol–water partition coefficient (Wildman–Crippen LogP) is 2.53. The first kappa shape index (κ1) is 14.2. The van der Waals surface area contributed by atoms with Crippen molar-refractivity contribution in [2.45, 2.75) is 31.9 Å². The first-order valence-corrected chi connectivity index (χ1v) is 6.86. The van der Waals surface area contributed by atoms with Crippen LogP contribution in [-0.2, 0) is 4.74 Å². The van der Waals surface area contributed by atoms with Gasteiger partial charge in [-0.3, -0.25) is 0 Å². The Morgan fingerprint density at radius 2 is 1.95 bits per heavy atom. The van der Waals surface area contributed by atoms with E-state index in [1.807, 2.05) is 6.07 Å². The van der Waals surface area contributed by atoms with Crippen LogP contribution in [0.4, 0.5) is 0 Å². The van der Waals surface area contributed by atoms with E-state index in [2.05, 4.69) is 24.4 Å². The van der Waals surface area contributed by atoms with E-state index < -0.39 is 0 Å². The van der Waals surface area contributed by atoms with Crippen molar-refractivity contribution in [2.24, 2.45) is 0 Å². The smallest absolute Gasteiger partial charge is 0.122 e. The molecule has 106 valence electrons. The van der Waals surface area contributed by atoms with Gasteiger partial charge in [0.1, 0.15) is 11.5 Å². The lowest BCUT2D eigenvalue weighted by Gasteiger charge is -2.25. The summed E-state index contributed by atoms with van der Waals surface area (Å²) >= 11 is 0. The third-order valence-corrected chi connectivity index (χ3v) is 3.49. The lowest BCUT2D eigenvalue weighted by atomic mass is 9.98. The highest BCUT2D eigenvalue weighted by atomic mass is 16.5. The van der Waals surface area contributed by atoms with Gasteiger partial charge in [0.05, 0.1) is 26.4 Å². The van der Waals surface area contributed by atoms with Crippen molar-refractivity contribution in [1.29, 1.82) is 0 Å². The monoisotopic (exact) mass is 265 g/mol. The Labute approximate surface area is 115 Å². The highest BCUT2D eigenvalue weighted by Crippen LogP contribution is 2.32. The summed E-state index contributed by atoms with van der Waals surface area (Å²) < 4.78 is 16.5. The van der Waals surface area contributed by atoms with E-state index in [1.165, 1.54) is 0 Å². The minimum Gasteiger partial charge on any atom is -0.497 e. The second-order valence-electron chi connectivity index (χ2n) is 4.73. The highest BCUT2D eigenvalue weighted by Gasteiger charge is 2.27. The number of likely N-dealkylation sites (N-methyl/N-ethyl adjacent to an activating group) is 1. The van der Waals surface area contributed by atoms with Gasteiger partial charge in [0.15, 0.2) is 0 Å². The molecule has 0 radical (unpaired) electrons. The lowest BCUT2D eigenvalue weighted by Crippen LogP contribution is -2.31. The normalized spacial score (nSPS) is 20.3. The second kappa shape index (κ2) is 6.78. The summed E-state index contributed by atoms with van der Waals surface area (Å²) in [5.41, 5.74) is 1.16. The number of rotatable bonds is 6. The number of benzene rings is 1. The topological polar surface area (TPSA) is 39.7 Å². The molecule has 0 spiro atoms. The van der Waals surface area contributed by atoms with E-state index in [0.717, 1.165) is 43.1 Å². The Balaban J connectivity index is 2.28. The van der Waals surface area contributed by atoms with E-state index in [9.17, 15) is 0 Å². The fourth-order valence-corrected chi connectivity index (χ4v) is 2.56. The molecule has 1 aliphatic rings. The van der Waals surface area contributed by atoms with Crippen LogP contribution in [0, 0.1) is 0 Å². The van der Waals surface area contributed by atoms with Crippen molar-refractivity contribution in [3.63, 3.8) is 0 Å². The van der Waals surface area contributed by atoms with Crippen LogP contribution in [0.15, 0.2) is 18.2 Å². The quantitative estimate of drug-likeness (QED) is 0.858. The maximum atomic E-state index is 5.82. The van der Waals surface area contributed by atoms with Gasteiger partial charge in [0.25, 0.3) is 0 Å². The van der Waals surface area contributed by atoms with Gasteiger partial charge in [-0.2, -0.15) is 0 Å². The molecule has 1 saturated heterocycles. The molecule has 2 atom stereocenters. The molecule has 4 heteroatoms. The summed E-state index contributed by atoms with van der Waals surface area (Å²) in [5.74, 6) is 1.63. The molecule has 0 amide bonds. The van der Waals surface area contributed by atoms with Gasteiger partial charge in [0, 0.05) is 12.7 Å². The molecule has 0 aliphatic carbocycles. The van der Waals surface area contributed by atoms with Gasteiger partial charge >= 0.3 is 0 Å². The molecule has 2 unspecified atom stereocenters. The minimum absolute atomic E-state index is 0.191. The van der Waals surface area contributed by atoms with E-state index >= 15 is 0 Å². The van der Waals surface area contributed by atoms with Crippen LogP contribution in [0.1, 0.15) is 31.4 Å². The second-order valence-corrected chi connectivity index (χ2v) is 4.73. The van der Waals surface area contributed by atoms with Crippen molar-refractivity contribution < 1.29 is 14.2 Å². The summed E-state index contributed by atoms with van der Waals surface area (Å²) in [6.45, 7) is 3.87. The zero-order valence-electron chi connectivity index (χ0n) is 11.9. The maximum Gasteiger partial charge on any atom is 0.122 e. The summed E-state index contributed by atoms with van der Waals surface area (Å²) in [4.78, 5) is 0. The SMILES string of the molecule is CCNC(c1cc(OC)cc(OC)c1)C1CCCO1. The molecule has 1 heterocycles. The Morgan fingerprint density at radius 1 is 1.26 bits per heavy atom. The van der Waals surface area contributed by atoms with Crippen LogP contribution in [0.3, 0.4) is 0 Å². The lowest BCUT2D eigenvalue weighted by molar-refractivity contribution is 0.0787. The van der Waals surface area contributed by atoms with E-state index in [4.69, 9.17) is 14.2 Å². The fourth-order valence-electron chi connectivity index (χ4n) is 2.56. The van der Waals surface area contributed by atoms with Gasteiger partial charge in [-0.1, -0.05) is 6.92 Å². The molecule has 2 rings (SSSR count).